The molecule has 2 saturated heterocycles. The number of hydrogen-bond acceptors (Lipinski definition) is 5. The van der Waals surface area contributed by atoms with E-state index in [9.17, 15) is 5.11 Å². The normalized spacial score (nSPS) is 41.2. The molecule has 0 aromatic carbocycles. The van der Waals surface area contributed by atoms with Gasteiger partial charge >= 0.3 is 0 Å². The van der Waals surface area contributed by atoms with Crippen LogP contribution in [0.15, 0.2) is 12.7 Å². The van der Waals surface area contributed by atoms with Crippen molar-refractivity contribution in [1.29, 1.82) is 0 Å². The average molecular weight is 244 g/mol. The van der Waals surface area contributed by atoms with Crippen LogP contribution in [-0.2, 0) is 18.9 Å². The lowest BCUT2D eigenvalue weighted by atomic mass is 10.1. The number of ether oxygens (including phenoxy) is 4. The summed E-state index contributed by atoms with van der Waals surface area (Å²) in [7, 11) is 0. The molecular weight excluding hydrogens is 224 g/mol. The Balaban J connectivity index is 2.09. The second-order valence-electron chi connectivity index (χ2n) is 4.90. The first kappa shape index (κ1) is 13.0. The van der Waals surface area contributed by atoms with E-state index in [2.05, 4.69) is 6.58 Å². The van der Waals surface area contributed by atoms with Crippen molar-refractivity contribution in [3.8, 4) is 0 Å². The van der Waals surface area contributed by atoms with E-state index in [0.717, 1.165) is 0 Å². The van der Waals surface area contributed by atoms with E-state index in [1.165, 1.54) is 0 Å². The zero-order valence-electron chi connectivity index (χ0n) is 10.5. The lowest BCUT2D eigenvalue weighted by Gasteiger charge is -2.26. The number of hydrogen-bond donors (Lipinski definition) is 1. The van der Waals surface area contributed by atoms with Gasteiger partial charge in [-0.3, -0.25) is 0 Å². The zero-order valence-corrected chi connectivity index (χ0v) is 10.5. The summed E-state index contributed by atoms with van der Waals surface area (Å²) in [5, 5.41) is 9.67. The summed E-state index contributed by atoms with van der Waals surface area (Å²) in [5.74, 6) is -0.672. The molecule has 5 atom stereocenters. The lowest BCUT2D eigenvalue weighted by molar-refractivity contribution is -0.227. The molecule has 0 bridgehead atoms. The van der Waals surface area contributed by atoms with Crippen LogP contribution in [0, 0.1) is 0 Å². The molecule has 2 rings (SSSR count). The second-order valence-corrected chi connectivity index (χ2v) is 4.90. The van der Waals surface area contributed by atoms with E-state index >= 15 is 0 Å². The summed E-state index contributed by atoms with van der Waals surface area (Å²) in [5.41, 5.74) is 0. The molecule has 1 N–H and O–H groups in total. The highest BCUT2D eigenvalue weighted by Crippen LogP contribution is 2.39. The maximum atomic E-state index is 9.67. The molecule has 17 heavy (non-hydrogen) atoms. The first-order chi connectivity index (χ1) is 7.94. The van der Waals surface area contributed by atoms with Crippen LogP contribution in [0.2, 0.25) is 0 Å². The first-order valence-electron chi connectivity index (χ1n) is 5.86. The van der Waals surface area contributed by atoms with Crippen molar-refractivity contribution in [3.63, 3.8) is 0 Å². The maximum absolute atomic E-state index is 9.67. The van der Waals surface area contributed by atoms with E-state index < -0.39 is 24.3 Å². The minimum absolute atomic E-state index is 0.301. The van der Waals surface area contributed by atoms with Crippen LogP contribution >= 0.6 is 0 Å². The van der Waals surface area contributed by atoms with Crippen molar-refractivity contribution >= 4 is 0 Å². The Hall–Kier alpha value is -0.460. The summed E-state index contributed by atoms with van der Waals surface area (Å²) in [4.78, 5) is 0. The number of aliphatic hydroxyl groups is 1. The van der Waals surface area contributed by atoms with Crippen molar-refractivity contribution in [3.05, 3.63) is 12.7 Å². The first-order valence-corrected chi connectivity index (χ1v) is 5.86. The van der Waals surface area contributed by atoms with E-state index in [1.807, 2.05) is 13.8 Å². The summed E-state index contributed by atoms with van der Waals surface area (Å²) >= 11 is 0. The van der Waals surface area contributed by atoms with Gasteiger partial charge in [0.1, 0.15) is 18.3 Å². The van der Waals surface area contributed by atoms with Crippen LogP contribution < -0.4 is 0 Å². The number of rotatable bonds is 4. The summed E-state index contributed by atoms with van der Waals surface area (Å²) in [6.45, 7) is 9.33. The highest BCUT2D eigenvalue weighted by molar-refractivity contribution is 4.96. The molecule has 2 aliphatic rings. The monoisotopic (exact) mass is 244 g/mol. The van der Waals surface area contributed by atoms with Gasteiger partial charge in [-0.25, -0.2) is 0 Å². The number of aliphatic hydroxyl groups excluding tert-OH is 1. The van der Waals surface area contributed by atoms with Crippen LogP contribution in [-0.4, -0.2) is 48.2 Å². The van der Waals surface area contributed by atoms with Gasteiger partial charge in [0, 0.05) is 0 Å². The fourth-order valence-electron chi connectivity index (χ4n) is 2.26. The van der Waals surface area contributed by atoms with Gasteiger partial charge in [0.05, 0.1) is 12.7 Å². The molecule has 98 valence electrons. The Bertz CT molecular complexity index is 289. The third-order valence-corrected chi connectivity index (χ3v) is 2.91. The Labute approximate surface area is 101 Å². The molecule has 0 radical (unpaired) electrons. The molecule has 0 saturated carbocycles. The number of fused-ring (bicyclic) bond motifs is 1. The van der Waals surface area contributed by atoms with Crippen LogP contribution in [0.1, 0.15) is 20.8 Å². The van der Waals surface area contributed by atoms with Crippen molar-refractivity contribution in [1.82, 2.24) is 0 Å². The highest BCUT2D eigenvalue weighted by atomic mass is 16.8. The second kappa shape index (κ2) is 4.66. The molecule has 0 aromatic heterocycles. The van der Waals surface area contributed by atoms with Gasteiger partial charge in [-0.15, -0.1) is 6.58 Å². The molecule has 0 aromatic rings. The maximum Gasteiger partial charge on any atom is 0.190 e. The molecule has 2 fully saturated rings. The predicted octanol–water partition coefficient (Wildman–Crippen LogP) is 0.815. The molecule has 0 spiro atoms. The van der Waals surface area contributed by atoms with Gasteiger partial charge in [-0.05, 0) is 20.8 Å². The molecule has 0 unspecified atom stereocenters. The topological polar surface area (TPSA) is 57.2 Å². The van der Waals surface area contributed by atoms with Gasteiger partial charge in [-0.2, -0.15) is 0 Å². The summed E-state index contributed by atoms with van der Waals surface area (Å²) in [6.07, 6.45) is -0.511. The standard InChI is InChI=1S/C12H20O5/c1-5-6-14-9-8(7(2)13)15-11-10(9)16-12(3,4)17-11/h5,7-11,13H,1,6H2,2-4H3/t7-,8+,9+,10-,11-/m0/s1. The Morgan fingerprint density at radius 2 is 2.18 bits per heavy atom. The van der Waals surface area contributed by atoms with Crippen molar-refractivity contribution in [2.45, 2.75) is 57.3 Å². The largest absolute Gasteiger partial charge is 0.391 e. The molecule has 2 heterocycles. The van der Waals surface area contributed by atoms with Crippen molar-refractivity contribution in [2.24, 2.45) is 0 Å². The quantitative estimate of drug-likeness (QED) is 0.742. The van der Waals surface area contributed by atoms with Gasteiger partial charge in [0.25, 0.3) is 0 Å². The van der Waals surface area contributed by atoms with Crippen molar-refractivity contribution in [2.75, 3.05) is 6.61 Å². The molecular formula is C12H20O5. The Morgan fingerprint density at radius 1 is 1.47 bits per heavy atom. The zero-order chi connectivity index (χ0) is 12.6. The van der Waals surface area contributed by atoms with Gasteiger partial charge in [-0.1, -0.05) is 6.08 Å². The third-order valence-electron chi connectivity index (χ3n) is 2.91. The Kier molecular flexibility index (Phi) is 3.56. The molecule has 2 aliphatic heterocycles. The molecule has 5 heteroatoms. The lowest BCUT2D eigenvalue weighted by Crippen LogP contribution is -2.41. The predicted molar refractivity (Wildman–Crippen MR) is 60.3 cm³/mol. The van der Waals surface area contributed by atoms with E-state index in [1.54, 1.807) is 13.0 Å². The molecule has 0 amide bonds. The fraction of sp³-hybridized carbons (Fsp3) is 0.833. The minimum atomic E-state index is -0.672. The van der Waals surface area contributed by atoms with Crippen LogP contribution in [0.25, 0.3) is 0 Å². The average Bonchev–Trinajstić information content (AvgIpc) is 2.67. The summed E-state index contributed by atoms with van der Waals surface area (Å²) in [6, 6.07) is 0. The van der Waals surface area contributed by atoms with Gasteiger partial charge in [0.2, 0.25) is 0 Å². The molecule has 0 aliphatic carbocycles. The van der Waals surface area contributed by atoms with Gasteiger partial charge < -0.3 is 24.1 Å². The van der Waals surface area contributed by atoms with Crippen LogP contribution in [0.3, 0.4) is 0 Å². The summed E-state index contributed by atoms with van der Waals surface area (Å²) < 4.78 is 22.6. The minimum Gasteiger partial charge on any atom is -0.391 e. The van der Waals surface area contributed by atoms with Crippen LogP contribution in [0.4, 0.5) is 0 Å². The van der Waals surface area contributed by atoms with Crippen LogP contribution in [0.5, 0.6) is 0 Å². The third kappa shape index (κ3) is 2.53. The van der Waals surface area contributed by atoms with Gasteiger partial charge in [0.15, 0.2) is 12.1 Å². The van der Waals surface area contributed by atoms with E-state index in [-0.39, 0.29) is 12.2 Å². The fourth-order valence-corrected chi connectivity index (χ4v) is 2.26. The smallest absolute Gasteiger partial charge is 0.190 e. The molecule has 5 nitrogen and oxygen atoms in total. The SMILES string of the molecule is C=CCO[C@H]1[C@@H]2OC(C)(C)O[C@@H]2O[C@@H]1[C@H](C)O. The van der Waals surface area contributed by atoms with E-state index in [0.29, 0.717) is 6.61 Å². The van der Waals surface area contributed by atoms with Crippen molar-refractivity contribution < 1.29 is 24.1 Å². The van der Waals surface area contributed by atoms with E-state index in [4.69, 9.17) is 18.9 Å². The Morgan fingerprint density at radius 3 is 2.76 bits per heavy atom. The highest BCUT2D eigenvalue weighted by Gasteiger charge is 2.56.